The summed E-state index contributed by atoms with van der Waals surface area (Å²) in [6.07, 6.45) is 0. The molecule has 3 rings (SSSR count). The minimum atomic E-state index is -0.00565. The number of halogens is 1. The SMILES string of the molecule is Cc1cc(C)c(NC(=O)C[NH+](C)Cc2cc3ccc(C)c(C)c3nc2Cl)c(C)c1. The normalized spacial score (nSPS) is 12.2. The van der Waals surface area contributed by atoms with E-state index >= 15 is 0 Å². The molecule has 2 N–H and O–H groups in total. The number of hydrogen-bond acceptors (Lipinski definition) is 2. The zero-order chi connectivity index (χ0) is 21.3. The topological polar surface area (TPSA) is 46.4 Å². The molecule has 1 aromatic heterocycles. The number of carbonyl (C=O) groups is 1. The molecule has 0 bridgehead atoms. The maximum atomic E-state index is 12.6. The molecule has 0 aliphatic rings. The number of aryl methyl sites for hydroxylation is 5. The molecule has 0 fully saturated rings. The third-order valence-electron chi connectivity index (χ3n) is 5.43. The summed E-state index contributed by atoms with van der Waals surface area (Å²) in [5, 5.41) is 4.66. The third kappa shape index (κ3) is 4.77. The first-order valence-electron chi connectivity index (χ1n) is 9.90. The fourth-order valence-corrected chi connectivity index (χ4v) is 4.06. The zero-order valence-electron chi connectivity index (χ0n) is 18.0. The van der Waals surface area contributed by atoms with Gasteiger partial charge in [-0.05, 0) is 62.9 Å². The number of pyridine rings is 1. The van der Waals surface area contributed by atoms with Crippen molar-refractivity contribution in [2.45, 2.75) is 41.2 Å². The van der Waals surface area contributed by atoms with E-state index in [9.17, 15) is 4.79 Å². The van der Waals surface area contributed by atoms with Crippen molar-refractivity contribution in [2.24, 2.45) is 0 Å². The van der Waals surface area contributed by atoms with E-state index in [1.807, 2.05) is 20.9 Å². The minimum Gasteiger partial charge on any atom is -0.326 e. The quantitative estimate of drug-likeness (QED) is 0.622. The molecule has 1 unspecified atom stereocenters. The van der Waals surface area contributed by atoms with Gasteiger partial charge in [0.1, 0.15) is 11.7 Å². The highest BCUT2D eigenvalue weighted by Crippen LogP contribution is 2.25. The van der Waals surface area contributed by atoms with Gasteiger partial charge in [-0.3, -0.25) is 4.79 Å². The first-order valence-corrected chi connectivity index (χ1v) is 10.3. The average Bonchev–Trinajstić information content (AvgIpc) is 2.62. The summed E-state index contributed by atoms with van der Waals surface area (Å²) in [6.45, 7) is 11.2. The van der Waals surface area contributed by atoms with E-state index in [-0.39, 0.29) is 5.91 Å². The molecule has 152 valence electrons. The summed E-state index contributed by atoms with van der Waals surface area (Å²) in [5.74, 6) is -0.00565. The van der Waals surface area contributed by atoms with Crippen LogP contribution in [0.15, 0.2) is 30.3 Å². The Labute approximate surface area is 177 Å². The highest BCUT2D eigenvalue weighted by molar-refractivity contribution is 6.30. The van der Waals surface area contributed by atoms with E-state index < -0.39 is 0 Å². The van der Waals surface area contributed by atoms with Gasteiger partial charge in [0.15, 0.2) is 6.54 Å². The second kappa shape index (κ2) is 8.52. The van der Waals surface area contributed by atoms with Crippen LogP contribution < -0.4 is 10.2 Å². The predicted octanol–water partition coefficient (Wildman–Crippen LogP) is 4.08. The summed E-state index contributed by atoms with van der Waals surface area (Å²) in [5.41, 5.74) is 8.53. The molecular weight excluding hydrogens is 382 g/mol. The minimum absolute atomic E-state index is 0.00565. The second-order valence-corrected chi connectivity index (χ2v) is 8.51. The molecule has 0 radical (unpaired) electrons. The summed E-state index contributed by atoms with van der Waals surface area (Å²) in [7, 11) is 2.00. The second-order valence-electron chi connectivity index (χ2n) is 8.15. The van der Waals surface area contributed by atoms with Crippen molar-refractivity contribution in [3.63, 3.8) is 0 Å². The van der Waals surface area contributed by atoms with Crippen LogP contribution in [0.2, 0.25) is 5.15 Å². The molecular formula is C24H29ClN3O+. The lowest BCUT2D eigenvalue weighted by molar-refractivity contribution is -0.885. The summed E-state index contributed by atoms with van der Waals surface area (Å²) in [4.78, 5) is 18.3. The Balaban J connectivity index is 1.72. The molecule has 0 aliphatic heterocycles. The molecule has 2 aromatic carbocycles. The first-order chi connectivity index (χ1) is 13.7. The number of likely N-dealkylation sites (N-methyl/N-ethyl adjacent to an activating group) is 1. The Morgan fingerprint density at radius 1 is 1.03 bits per heavy atom. The number of anilines is 1. The molecule has 0 spiro atoms. The Bertz CT molecular complexity index is 1070. The number of rotatable bonds is 5. The van der Waals surface area contributed by atoms with Gasteiger partial charge in [-0.25, -0.2) is 4.98 Å². The lowest BCUT2D eigenvalue weighted by Crippen LogP contribution is -3.08. The molecule has 4 nitrogen and oxygen atoms in total. The summed E-state index contributed by atoms with van der Waals surface area (Å²) >= 11 is 6.47. The van der Waals surface area contributed by atoms with Crippen LogP contribution in [-0.2, 0) is 11.3 Å². The molecule has 1 amide bonds. The van der Waals surface area contributed by atoms with Gasteiger partial charge in [0.2, 0.25) is 0 Å². The Hall–Kier alpha value is -2.43. The summed E-state index contributed by atoms with van der Waals surface area (Å²) < 4.78 is 0. The molecule has 0 saturated heterocycles. The van der Waals surface area contributed by atoms with E-state index in [1.165, 1.54) is 11.1 Å². The van der Waals surface area contributed by atoms with Crippen LogP contribution in [0.3, 0.4) is 0 Å². The number of hydrogen-bond donors (Lipinski definition) is 2. The van der Waals surface area contributed by atoms with Gasteiger partial charge in [-0.1, -0.05) is 41.4 Å². The average molecular weight is 411 g/mol. The van der Waals surface area contributed by atoms with E-state index in [4.69, 9.17) is 11.6 Å². The van der Waals surface area contributed by atoms with Crippen molar-refractivity contribution in [1.82, 2.24) is 4.98 Å². The van der Waals surface area contributed by atoms with E-state index in [0.29, 0.717) is 18.2 Å². The number of nitrogens with zero attached hydrogens (tertiary/aromatic N) is 1. The number of fused-ring (bicyclic) bond motifs is 1. The standard InChI is InChI=1S/C24H28ClN3O/c1-14-9-16(3)22(17(4)10-14)26-21(29)13-28(6)12-20-11-19-8-7-15(2)18(5)23(19)27-24(20)25/h7-11H,12-13H2,1-6H3,(H,26,29)/p+1. The smallest absolute Gasteiger partial charge is 0.279 e. The van der Waals surface area contributed by atoms with Crippen molar-refractivity contribution in [2.75, 3.05) is 18.9 Å². The van der Waals surface area contributed by atoms with E-state index in [1.54, 1.807) is 0 Å². The van der Waals surface area contributed by atoms with Crippen LogP contribution in [0, 0.1) is 34.6 Å². The zero-order valence-corrected chi connectivity index (χ0v) is 18.8. The molecule has 0 aliphatic carbocycles. The third-order valence-corrected chi connectivity index (χ3v) is 5.76. The van der Waals surface area contributed by atoms with Gasteiger partial charge >= 0.3 is 0 Å². The Kier molecular flexibility index (Phi) is 6.25. The largest absolute Gasteiger partial charge is 0.326 e. The van der Waals surface area contributed by atoms with Crippen molar-refractivity contribution in [1.29, 1.82) is 0 Å². The van der Waals surface area contributed by atoms with Crippen molar-refractivity contribution in [3.8, 4) is 0 Å². The fraction of sp³-hybridized carbons (Fsp3) is 0.333. The van der Waals surface area contributed by atoms with Gasteiger partial charge in [0.05, 0.1) is 12.6 Å². The van der Waals surface area contributed by atoms with Crippen LogP contribution in [0.4, 0.5) is 5.69 Å². The van der Waals surface area contributed by atoms with Crippen LogP contribution in [0.5, 0.6) is 0 Å². The highest BCUT2D eigenvalue weighted by atomic mass is 35.5. The summed E-state index contributed by atoms with van der Waals surface area (Å²) in [6, 6.07) is 10.4. The predicted molar refractivity (Wildman–Crippen MR) is 121 cm³/mol. The van der Waals surface area contributed by atoms with Crippen LogP contribution in [-0.4, -0.2) is 24.5 Å². The lowest BCUT2D eigenvalue weighted by atomic mass is 10.0. The maximum Gasteiger partial charge on any atom is 0.279 e. The molecule has 1 atom stereocenters. The van der Waals surface area contributed by atoms with E-state index in [0.717, 1.165) is 43.7 Å². The Morgan fingerprint density at radius 3 is 2.34 bits per heavy atom. The van der Waals surface area contributed by atoms with Crippen molar-refractivity contribution < 1.29 is 9.69 Å². The van der Waals surface area contributed by atoms with Crippen LogP contribution in [0.25, 0.3) is 10.9 Å². The van der Waals surface area contributed by atoms with Crippen LogP contribution >= 0.6 is 11.6 Å². The number of nitrogens with one attached hydrogen (secondary N) is 2. The highest BCUT2D eigenvalue weighted by Gasteiger charge is 2.16. The molecule has 29 heavy (non-hydrogen) atoms. The van der Waals surface area contributed by atoms with Gasteiger partial charge < -0.3 is 10.2 Å². The molecule has 5 heteroatoms. The number of aromatic nitrogens is 1. The number of carbonyl (C=O) groups excluding carboxylic acids is 1. The maximum absolute atomic E-state index is 12.6. The monoisotopic (exact) mass is 410 g/mol. The van der Waals surface area contributed by atoms with Gasteiger partial charge in [-0.2, -0.15) is 0 Å². The van der Waals surface area contributed by atoms with E-state index in [2.05, 4.69) is 61.4 Å². The number of quaternary nitrogens is 1. The van der Waals surface area contributed by atoms with Crippen LogP contribution in [0.1, 0.15) is 33.4 Å². The fourth-order valence-electron chi connectivity index (χ4n) is 3.85. The first kappa shape index (κ1) is 21.3. The molecule has 0 saturated carbocycles. The van der Waals surface area contributed by atoms with Gasteiger partial charge in [0, 0.05) is 16.6 Å². The number of amides is 1. The lowest BCUT2D eigenvalue weighted by Gasteiger charge is -2.17. The molecule has 3 aromatic rings. The van der Waals surface area contributed by atoms with Gasteiger partial charge in [-0.15, -0.1) is 0 Å². The van der Waals surface area contributed by atoms with Crippen molar-refractivity contribution >= 4 is 34.1 Å². The van der Waals surface area contributed by atoms with Crippen molar-refractivity contribution in [3.05, 3.63) is 68.9 Å². The van der Waals surface area contributed by atoms with Gasteiger partial charge in [0.25, 0.3) is 5.91 Å². The number of benzene rings is 2. The molecule has 1 heterocycles. The Morgan fingerprint density at radius 2 is 1.69 bits per heavy atom.